The molecule has 0 unspecified atom stereocenters. The highest BCUT2D eigenvalue weighted by Gasteiger charge is 2.04. The second-order valence-electron chi connectivity index (χ2n) is 5.37. The molecule has 0 aliphatic carbocycles. The first-order chi connectivity index (χ1) is 10.8. The lowest BCUT2D eigenvalue weighted by Gasteiger charge is -2.12. The van der Waals surface area contributed by atoms with Gasteiger partial charge in [-0.2, -0.15) is 0 Å². The molecule has 0 heterocycles. The Hall–Kier alpha value is -2.58. The summed E-state index contributed by atoms with van der Waals surface area (Å²) in [6.07, 6.45) is 0. The van der Waals surface area contributed by atoms with E-state index in [0.717, 1.165) is 12.2 Å². The van der Waals surface area contributed by atoms with Crippen LogP contribution in [0.15, 0.2) is 78.9 Å². The number of hydrazine groups is 1. The number of hydrogen-bond acceptors (Lipinski definition) is 2. The minimum atomic E-state index is 0.763. The summed E-state index contributed by atoms with van der Waals surface area (Å²) < 4.78 is 0. The monoisotopic (exact) mass is 288 g/mol. The van der Waals surface area contributed by atoms with Crippen molar-refractivity contribution in [2.24, 2.45) is 0 Å². The molecule has 3 aromatic rings. The summed E-state index contributed by atoms with van der Waals surface area (Å²) >= 11 is 0. The SMILES string of the molecule is Cc1ccc(-c2ccccc2CNNc2ccccc2)cc1. The first kappa shape index (κ1) is 14.4. The molecule has 0 fully saturated rings. The van der Waals surface area contributed by atoms with E-state index in [9.17, 15) is 0 Å². The van der Waals surface area contributed by atoms with Crippen molar-refractivity contribution in [2.45, 2.75) is 13.5 Å². The summed E-state index contributed by atoms with van der Waals surface area (Å²) in [6, 6.07) is 27.3. The summed E-state index contributed by atoms with van der Waals surface area (Å²) in [5, 5.41) is 0. The fourth-order valence-electron chi connectivity index (χ4n) is 2.45. The predicted molar refractivity (Wildman–Crippen MR) is 93.5 cm³/mol. The molecule has 3 rings (SSSR count). The maximum absolute atomic E-state index is 3.29. The Labute approximate surface area is 131 Å². The van der Waals surface area contributed by atoms with Crippen LogP contribution in [0.1, 0.15) is 11.1 Å². The van der Waals surface area contributed by atoms with Gasteiger partial charge in [-0.25, -0.2) is 5.43 Å². The molecule has 0 radical (unpaired) electrons. The second kappa shape index (κ2) is 6.92. The van der Waals surface area contributed by atoms with Gasteiger partial charge >= 0.3 is 0 Å². The van der Waals surface area contributed by atoms with Crippen LogP contribution in [0.5, 0.6) is 0 Å². The maximum atomic E-state index is 3.29. The van der Waals surface area contributed by atoms with Crippen molar-refractivity contribution in [1.29, 1.82) is 0 Å². The number of rotatable bonds is 5. The van der Waals surface area contributed by atoms with E-state index in [1.54, 1.807) is 0 Å². The van der Waals surface area contributed by atoms with E-state index in [4.69, 9.17) is 0 Å². The second-order valence-corrected chi connectivity index (χ2v) is 5.37. The van der Waals surface area contributed by atoms with Crippen molar-refractivity contribution in [3.05, 3.63) is 90.0 Å². The van der Waals surface area contributed by atoms with Gasteiger partial charge in [-0.15, -0.1) is 0 Å². The number of hydrogen-bond donors (Lipinski definition) is 2. The van der Waals surface area contributed by atoms with Gasteiger partial charge in [0.2, 0.25) is 0 Å². The normalized spacial score (nSPS) is 10.4. The van der Waals surface area contributed by atoms with Gasteiger partial charge in [0, 0.05) is 12.2 Å². The Morgan fingerprint density at radius 2 is 1.41 bits per heavy atom. The molecule has 0 aliphatic heterocycles. The van der Waals surface area contributed by atoms with Crippen molar-refractivity contribution >= 4 is 5.69 Å². The lowest BCUT2D eigenvalue weighted by atomic mass is 9.99. The molecule has 2 N–H and O–H groups in total. The zero-order valence-corrected chi connectivity index (χ0v) is 12.7. The lowest BCUT2D eigenvalue weighted by Crippen LogP contribution is -2.21. The van der Waals surface area contributed by atoms with Crippen molar-refractivity contribution in [2.75, 3.05) is 5.43 Å². The average molecular weight is 288 g/mol. The largest absolute Gasteiger partial charge is 0.321 e. The molecule has 22 heavy (non-hydrogen) atoms. The maximum Gasteiger partial charge on any atom is 0.0487 e. The molecular formula is C20H20N2. The molecule has 110 valence electrons. The third-order valence-electron chi connectivity index (χ3n) is 3.67. The summed E-state index contributed by atoms with van der Waals surface area (Å²) in [7, 11) is 0. The molecule has 0 amide bonds. The summed E-state index contributed by atoms with van der Waals surface area (Å²) in [5.74, 6) is 0. The van der Waals surface area contributed by atoms with Gasteiger partial charge in [-0.05, 0) is 35.7 Å². The molecule has 0 spiro atoms. The third kappa shape index (κ3) is 3.54. The number of nitrogens with one attached hydrogen (secondary N) is 2. The van der Waals surface area contributed by atoms with Gasteiger partial charge in [0.05, 0.1) is 0 Å². The van der Waals surface area contributed by atoms with Crippen molar-refractivity contribution in [1.82, 2.24) is 5.43 Å². The standard InChI is InChI=1S/C20H20N2/c1-16-11-13-17(14-12-16)20-10-6-5-7-18(20)15-21-22-19-8-3-2-4-9-19/h2-14,21-22H,15H2,1H3. The number of benzene rings is 3. The highest BCUT2D eigenvalue weighted by molar-refractivity contribution is 5.67. The highest BCUT2D eigenvalue weighted by Crippen LogP contribution is 2.24. The lowest BCUT2D eigenvalue weighted by molar-refractivity contribution is 0.803. The highest BCUT2D eigenvalue weighted by atomic mass is 15.3. The smallest absolute Gasteiger partial charge is 0.0487 e. The van der Waals surface area contributed by atoms with Crippen molar-refractivity contribution in [3.63, 3.8) is 0 Å². The Morgan fingerprint density at radius 1 is 0.727 bits per heavy atom. The van der Waals surface area contributed by atoms with E-state index < -0.39 is 0 Å². The van der Waals surface area contributed by atoms with E-state index in [0.29, 0.717) is 0 Å². The van der Waals surface area contributed by atoms with Crippen LogP contribution in [-0.4, -0.2) is 0 Å². The summed E-state index contributed by atoms with van der Waals surface area (Å²) in [6.45, 7) is 2.87. The zero-order valence-electron chi connectivity index (χ0n) is 12.7. The van der Waals surface area contributed by atoms with E-state index in [1.165, 1.54) is 22.3 Å². The van der Waals surface area contributed by atoms with Gasteiger partial charge in [0.15, 0.2) is 0 Å². The molecule has 2 heteroatoms. The van der Waals surface area contributed by atoms with Crippen LogP contribution in [0.4, 0.5) is 5.69 Å². The van der Waals surface area contributed by atoms with Gasteiger partial charge < -0.3 is 5.43 Å². The van der Waals surface area contributed by atoms with E-state index in [1.807, 2.05) is 30.3 Å². The van der Waals surface area contributed by atoms with Gasteiger partial charge in [-0.3, -0.25) is 0 Å². The van der Waals surface area contributed by atoms with E-state index in [-0.39, 0.29) is 0 Å². The van der Waals surface area contributed by atoms with Crippen molar-refractivity contribution in [3.8, 4) is 11.1 Å². The third-order valence-corrected chi connectivity index (χ3v) is 3.67. The number of para-hydroxylation sites is 1. The van der Waals surface area contributed by atoms with Crippen LogP contribution in [0, 0.1) is 6.92 Å². The van der Waals surface area contributed by atoms with Gasteiger partial charge in [0.25, 0.3) is 0 Å². The van der Waals surface area contributed by atoms with Crippen LogP contribution in [-0.2, 0) is 6.54 Å². The predicted octanol–water partition coefficient (Wildman–Crippen LogP) is 4.78. The first-order valence-electron chi connectivity index (χ1n) is 7.52. The molecular weight excluding hydrogens is 268 g/mol. The van der Waals surface area contributed by atoms with Gasteiger partial charge in [0.1, 0.15) is 0 Å². The van der Waals surface area contributed by atoms with Crippen LogP contribution >= 0.6 is 0 Å². The first-order valence-corrected chi connectivity index (χ1v) is 7.52. The molecule has 0 saturated carbocycles. The molecule has 2 nitrogen and oxygen atoms in total. The molecule has 0 atom stereocenters. The van der Waals surface area contributed by atoms with Gasteiger partial charge in [-0.1, -0.05) is 72.3 Å². The number of aryl methyl sites for hydroxylation is 1. The molecule has 0 aromatic heterocycles. The molecule has 0 saturated heterocycles. The fraction of sp³-hybridized carbons (Fsp3) is 0.100. The van der Waals surface area contributed by atoms with Crippen molar-refractivity contribution < 1.29 is 0 Å². The molecule has 0 aliphatic rings. The summed E-state index contributed by atoms with van der Waals surface area (Å²) in [4.78, 5) is 0. The Morgan fingerprint density at radius 3 is 2.18 bits per heavy atom. The van der Waals surface area contributed by atoms with Crippen LogP contribution in [0.3, 0.4) is 0 Å². The molecule has 0 bridgehead atoms. The Kier molecular flexibility index (Phi) is 4.52. The quantitative estimate of drug-likeness (QED) is 0.660. The van der Waals surface area contributed by atoms with Crippen LogP contribution in [0.25, 0.3) is 11.1 Å². The minimum absolute atomic E-state index is 0.763. The number of anilines is 1. The minimum Gasteiger partial charge on any atom is -0.321 e. The average Bonchev–Trinajstić information content (AvgIpc) is 2.57. The van der Waals surface area contributed by atoms with E-state index >= 15 is 0 Å². The Bertz CT molecular complexity index is 718. The zero-order chi connectivity index (χ0) is 15.2. The Balaban J connectivity index is 1.73. The van der Waals surface area contributed by atoms with Crippen LogP contribution in [0.2, 0.25) is 0 Å². The fourth-order valence-corrected chi connectivity index (χ4v) is 2.45. The summed E-state index contributed by atoms with van der Waals surface area (Å²) in [5.41, 5.74) is 12.7. The molecule has 3 aromatic carbocycles. The van der Waals surface area contributed by atoms with E-state index in [2.05, 4.69) is 66.3 Å². The van der Waals surface area contributed by atoms with Crippen LogP contribution < -0.4 is 10.9 Å². The topological polar surface area (TPSA) is 24.1 Å².